The molecule has 0 saturated carbocycles. The molecule has 0 spiro atoms. The van der Waals surface area contributed by atoms with Crippen molar-refractivity contribution in [2.75, 3.05) is 19.8 Å². The van der Waals surface area contributed by atoms with Gasteiger partial charge in [0, 0.05) is 10.9 Å². The van der Waals surface area contributed by atoms with Gasteiger partial charge in [0.2, 0.25) is 0 Å². The molecule has 0 unspecified atom stereocenters. The highest BCUT2D eigenvalue weighted by Gasteiger charge is 2.15. The van der Waals surface area contributed by atoms with Crippen molar-refractivity contribution in [2.24, 2.45) is 5.10 Å². The third-order valence-corrected chi connectivity index (χ3v) is 5.70. The van der Waals surface area contributed by atoms with Gasteiger partial charge < -0.3 is 14.2 Å². The van der Waals surface area contributed by atoms with E-state index in [2.05, 4.69) is 32.9 Å². The molecular formula is C25H27BrClN3O5. The van der Waals surface area contributed by atoms with Crippen LogP contribution in [0.2, 0.25) is 5.02 Å². The van der Waals surface area contributed by atoms with Crippen molar-refractivity contribution < 1.29 is 19.0 Å². The SMILES string of the molecule is CCCCc1nc2ccc(Br)cc2c(=O)n1N=Cc1cc(Cl)c(OCC(=O)OCC)c(OCC)c1. The van der Waals surface area contributed by atoms with Crippen LogP contribution in [-0.2, 0) is 16.0 Å². The maximum Gasteiger partial charge on any atom is 0.344 e. The Labute approximate surface area is 217 Å². The van der Waals surface area contributed by atoms with E-state index in [1.165, 1.54) is 10.9 Å². The number of hydrogen-bond acceptors (Lipinski definition) is 7. The number of carbonyl (C=O) groups excluding carboxylic acids is 1. The van der Waals surface area contributed by atoms with E-state index in [0.29, 0.717) is 41.1 Å². The Bertz CT molecular complexity index is 1290. The fourth-order valence-corrected chi connectivity index (χ4v) is 3.97. The number of unbranched alkanes of at least 4 members (excludes halogenated alkanes) is 1. The molecule has 10 heteroatoms. The van der Waals surface area contributed by atoms with E-state index in [1.807, 2.05) is 19.1 Å². The van der Waals surface area contributed by atoms with Crippen molar-refractivity contribution in [3.8, 4) is 11.5 Å². The molecule has 186 valence electrons. The normalized spacial score (nSPS) is 11.2. The number of esters is 1. The molecule has 1 aromatic heterocycles. The number of aryl methyl sites for hydroxylation is 1. The van der Waals surface area contributed by atoms with Crippen LogP contribution >= 0.6 is 27.5 Å². The number of halogens is 2. The van der Waals surface area contributed by atoms with Crippen molar-refractivity contribution in [3.05, 3.63) is 61.6 Å². The summed E-state index contributed by atoms with van der Waals surface area (Å²) < 4.78 is 18.2. The van der Waals surface area contributed by atoms with Gasteiger partial charge in [0.1, 0.15) is 5.82 Å². The van der Waals surface area contributed by atoms with Crippen LogP contribution in [0, 0.1) is 0 Å². The number of rotatable bonds is 11. The number of nitrogens with zero attached hydrogens (tertiary/aromatic N) is 3. The zero-order valence-electron chi connectivity index (χ0n) is 19.8. The molecule has 0 radical (unpaired) electrons. The molecule has 0 saturated heterocycles. The average Bonchev–Trinajstić information content (AvgIpc) is 2.82. The molecule has 0 fully saturated rings. The Kier molecular flexibility index (Phi) is 9.68. The number of ether oxygens (including phenoxy) is 3. The summed E-state index contributed by atoms with van der Waals surface area (Å²) in [4.78, 5) is 29.6. The Morgan fingerprint density at radius 1 is 1.17 bits per heavy atom. The molecule has 0 aliphatic rings. The van der Waals surface area contributed by atoms with Gasteiger partial charge in [-0.15, -0.1) is 0 Å². The number of carbonyl (C=O) groups is 1. The van der Waals surface area contributed by atoms with E-state index in [4.69, 9.17) is 25.8 Å². The summed E-state index contributed by atoms with van der Waals surface area (Å²) in [6.45, 7) is 5.93. The average molecular weight is 565 g/mol. The molecule has 0 atom stereocenters. The first-order valence-electron chi connectivity index (χ1n) is 11.4. The summed E-state index contributed by atoms with van der Waals surface area (Å²) in [5.74, 6) is 0.654. The molecule has 2 aromatic carbocycles. The lowest BCUT2D eigenvalue weighted by Gasteiger charge is -2.14. The molecule has 35 heavy (non-hydrogen) atoms. The van der Waals surface area contributed by atoms with Gasteiger partial charge in [-0.25, -0.2) is 9.78 Å². The lowest BCUT2D eigenvalue weighted by Crippen LogP contribution is -2.22. The smallest absolute Gasteiger partial charge is 0.344 e. The Balaban J connectivity index is 2.00. The van der Waals surface area contributed by atoms with Crippen molar-refractivity contribution in [3.63, 3.8) is 0 Å². The topological polar surface area (TPSA) is 92.0 Å². The molecule has 3 rings (SSSR count). The third kappa shape index (κ3) is 6.82. The van der Waals surface area contributed by atoms with E-state index in [1.54, 1.807) is 25.1 Å². The zero-order valence-corrected chi connectivity index (χ0v) is 22.2. The van der Waals surface area contributed by atoms with Crippen LogP contribution in [0.25, 0.3) is 10.9 Å². The first-order valence-corrected chi connectivity index (χ1v) is 12.5. The van der Waals surface area contributed by atoms with Gasteiger partial charge in [-0.2, -0.15) is 9.78 Å². The predicted molar refractivity (Wildman–Crippen MR) is 140 cm³/mol. The number of benzene rings is 2. The van der Waals surface area contributed by atoms with Gasteiger partial charge in [0.05, 0.1) is 35.4 Å². The Morgan fingerprint density at radius 2 is 1.97 bits per heavy atom. The second-order valence-corrected chi connectivity index (χ2v) is 8.83. The molecule has 1 heterocycles. The number of aromatic nitrogens is 2. The molecule has 3 aromatic rings. The highest BCUT2D eigenvalue weighted by molar-refractivity contribution is 9.10. The van der Waals surface area contributed by atoms with Crippen LogP contribution < -0.4 is 15.0 Å². The van der Waals surface area contributed by atoms with E-state index in [0.717, 1.165) is 17.3 Å². The summed E-state index contributed by atoms with van der Waals surface area (Å²) in [6.07, 6.45) is 3.96. The minimum Gasteiger partial charge on any atom is -0.490 e. The largest absolute Gasteiger partial charge is 0.490 e. The lowest BCUT2D eigenvalue weighted by molar-refractivity contribution is -0.145. The lowest BCUT2D eigenvalue weighted by atomic mass is 10.2. The summed E-state index contributed by atoms with van der Waals surface area (Å²) in [7, 11) is 0. The second-order valence-electron chi connectivity index (χ2n) is 7.51. The molecule has 0 bridgehead atoms. The van der Waals surface area contributed by atoms with Gasteiger partial charge in [-0.3, -0.25) is 4.79 Å². The second kappa shape index (κ2) is 12.7. The van der Waals surface area contributed by atoms with Crippen LogP contribution in [-0.4, -0.2) is 41.7 Å². The number of fused-ring (bicyclic) bond motifs is 1. The molecule has 0 N–H and O–H groups in total. The maximum absolute atomic E-state index is 13.3. The quantitative estimate of drug-likeness (QED) is 0.229. The fourth-order valence-electron chi connectivity index (χ4n) is 3.33. The van der Waals surface area contributed by atoms with Crippen LogP contribution in [0.4, 0.5) is 0 Å². The maximum atomic E-state index is 13.3. The van der Waals surface area contributed by atoms with E-state index < -0.39 is 5.97 Å². The Morgan fingerprint density at radius 3 is 2.69 bits per heavy atom. The van der Waals surface area contributed by atoms with Crippen LogP contribution in [0.15, 0.2) is 44.7 Å². The van der Waals surface area contributed by atoms with Gasteiger partial charge >= 0.3 is 5.97 Å². The molecule has 0 aliphatic heterocycles. The van der Waals surface area contributed by atoms with E-state index >= 15 is 0 Å². The van der Waals surface area contributed by atoms with Crippen molar-refractivity contribution in [1.82, 2.24) is 9.66 Å². The van der Waals surface area contributed by atoms with Crippen LogP contribution in [0.1, 0.15) is 45.0 Å². The van der Waals surface area contributed by atoms with Crippen LogP contribution in [0.5, 0.6) is 11.5 Å². The molecule has 8 nitrogen and oxygen atoms in total. The van der Waals surface area contributed by atoms with Crippen molar-refractivity contribution in [2.45, 2.75) is 40.0 Å². The van der Waals surface area contributed by atoms with E-state index in [9.17, 15) is 9.59 Å². The first kappa shape index (κ1) is 26.7. The highest BCUT2D eigenvalue weighted by atomic mass is 79.9. The first-order chi connectivity index (χ1) is 16.9. The van der Waals surface area contributed by atoms with Crippen molar-refractivity contribution >= 4 is 50.6 Å². The summed E-state index contributed by atoms with van der Waals surface area (Å²) in [6, 6.07) is 8.71. The molecule has 0 aliphatic carbocycles. The van der Waals surface area contributed by atoms with E-state index in [-0.39, 0.29) is 29.5 Å². The van der Waals surface area contributed by atoms with Gasteiger partial charge in [-0.05, 0) is 56.2 Å². The van der Waals surface area contributed by atoms with Gasteiger partial charge in [0.15, 0.2) is 18.1 Å². The minimum atomic E-state index is -0.508. The molecular weight excluding hydrogens is 538 g/mol. The summed E-state index contributed by atoms with van der Waals surface area (Å²) >= 11 is 9.85. The van der Waals surface area contributed by atoms with Crippen LogP contribution in [0.3, 0.4) is 0 Å². The fraction of sp³-hybridized carbons (Fsp3) is 0.360. The monoisotopic (exact) mass is 563 g/mol. The minimum absolute atomic E-state index is 0.233. The number of hydrogen-bond donors (Lipinski definition) is 0. The Hall–Kier alpha value is -2.91. The highest BCUT2D eigenvalue weighted by Crippen LogP contribution is 2.36. The standard InChI is InChI=1S/C25H27BrClN3O5/c1-4-7-8-22-29-20-10-9-17(26)13-18(20)25(32)30(22)28-14-16-11-19(27)24(21(12-16)33-5-2)35-15-23(31)34-6-3/h9-14H,4-8,15H2,1-3H3. The van der Waals surface area contributed by atoms with Gasteiger partial charge in [0.25, 0.3) is 5.56 Å². The molecule has 0 amide bonds. The van der Waals surface area contributed by atoms with Crippen molar-refractivity contribution in [1.29, 1.82) is 0 Å². The zero-order chi connectivity index (χ0) is 25.4. The summed E-state index contributed by atoms with van der Waals surface area (Å²) in [5.41, 5.74) is 0.953. The van der Waals surface area contributed by atoms with Gasteiger partial charge in [-0.1, -0.05) is 40.9 Å². The third-order valence-electron chi connectivity index (χ3n) is 4.92. The summed E-state index contributed by atoms with van der Waals surface area (Å²) in [5, 5.41) is 5.15. The predicted octanol–water partition coefficient (Wildman–Crippen LogP) is 5.38.